The van der Waals surface area contributed by atoms with Crippen LogP contribution in [0, 0.1) is 3.70 Å². The van der Waals surface area contributed by atoms with Crippen molar-refractivity contribution in [2.24, 2.45) is 0 Å². The Kier molecular flexibility index (Phi) is 4.69. The van der Waals surface area contributed by atoms with E-state index in [1.165, 1.54) is 12.1 Å². The Morgan fingerprint density at radius 2 is 1.92 bits per heavy atom. The molecule has 2 aromatic carbocycles. The first-order valence-corrected chi connectivity index (χ1v) is 8.38. The van der Waals surface area contributed by atoms with Crippen LogP contribution in [0.25, 0.3) is 10.9 Å². The van der Waals surface area contributed by atoms with Crippen LogP contribution >= 0.6 is 34.2 Å². The molecule has 0 radical (unpaired) electrons. The molecule has 26 heavy (non-hydrogen) atoms. The van der Waals surface area contributed by atoms with Crippen molar-refractivity contribution < 1.29 is 27.9 Å². The van der Waals surface area contributed by atoms with Crippen molar-refractivity contribution in [3.05, 3.63) is 61.3 Å². The van der Waals surface area contributed by atoms with Gasteiger partial charge in [0.2, 0.25) is 0 Å². The third-order valence-electron chi connectivity index (χ3n) is 3.65. The zero-order valence-corrected chi connectivity index (χ0v) is 15.4. The number of H-pyrrole nitrogens is 1. The molecule has 0 saturated heterocycles. The highest BCUT2D eigenvalue weighted by atomic mass is 127. The fourth-order valence-electron chi connectivity index (χ4n) is 2.54. The van der Waals surface area contributed by atoms with E-state index in [2.05, 4.69) is 10.2 Å². The van der Waals surface area contributed by atoms with Crippen LogP contribution in [0.4, 0.5) is 13.2 Å². The van der Waals surface area contributed by atoms with Gasteiger partial charge in [0.15, 0.2) is 5.78 Å². The van der Waals surface area contributed by atoms with Crippen molar-refractivity contribution in [1.29, 1.82) is 0 Å². The molecule has 0 bridgehead atoms. The fraction of sp³-hybridized carbons (Fsp3) is 0.0625. The summed E-state index contributed by atoms with van der Waals surface area (Å²) in [4.78, 5) is 24.2. The minimum Gasteiger partial charge on any atom is -0.478 e. The first-order valence-electron chi connectivity index (χ1n) is 6.92. The zero-order chi connectivity index (χ0) is 19.2. The number of carboxylic acid groups (broad SMARTS) is 1. The van der Waals surface area contributed by atoms with E-state index in [0.717, 1.165) is 18.2 Å². The summed E-state index contributed by atoms with van der Waals surface area (Å²) in [6.07, 6.45) is -4.80. The predicted molar refractivity (Wildman–Crippen MR) is 95.7 cm³/mol. The SMILES string of the molecule is O=C(O)c1cc(C(=O)c2c(Cl)cccc2C(F)(F)F)c2c(I)[nH]nc2c1. The molecule has 0 atom stereocenters. The quantitative estimate of drug-likeness (QED) is 0.406. The summed E-state index contributed by atoms with van der Waals surface area (Å²) in [6, 6.07) is 5.26. The molecule has 0 saturated carbocycles. The largest absolute Gasteiger partial charge is 0.478 e. The fourth-order valence-corrected chi connectivity index (χ4v) is 3.49. The normalized spacial score (nSPS) is 11.7. The number of carboxylic acids is 1. The molecule has 3 rings (SSSR count). The van der Waals surface area contributed by atoms with E-state index in [1.807, 2.05) is 22.6 Å². The predicted octanol–water partition coefficient (Wildman–Crippen LogP) is 4.77. The van der Waals surface area contributed by atoms with Crippen LogP contribution in [0.15, 0.2) is 30.3 Å². The molecule has 0 spiro atoms. The molecule has 0 fully saturated rings. The van der Waals surface area contributed by atoms with Gasteiger partial charge < -0.3 is 5.11 Å². The maximum Gasteiger partial charge on any atom is 0.417 e. The lowest BCUT2D eigenvalue weighted by molar-refractivity contribution is -0.137. The lowest BCUT2D eigenvalue weighted by atomic mass is 9.94. The average Bonchev–Trinajstić information content (AvgIpc) is 2.93. The molecular formula is C16H7ClF3IN2O3. The number of benzene rings is 2. The minimum absolute atomic E-state index is 0.151. The van der Waals surface area contributed by atoms with Gasteiger partial charge in [-0.3, -0.25) is 9.89 Å². The number of aromatic carboxylic acids is 1. The van der Waals surface area contributed by atoms with Gasteiger partial charge in [-0.05, 0) is 46.9 Å². The number of nitrogens with one attached hydrogen (secondary N) is 1. The molecule has 0 aliphatic rings. The van der Waals surface area contributed by atoms with Gasteiger partial charge in [-0.15, -0.1) is 0 Å². The van der Waals surface area contributed by atoms with Crippen LogP contribution in [0.2, 0.25) is 5.02 Å². The Morgan fingerprint density at radius 1 is 1.23 bits per heavy atom. The average molecular weight is 495 g/mol. The Hall–Kier alpha value is -2.14. The molecule has 0 amide bonds. The van der Waals surface area contributed by atoms with E-state index >= 15 is 0 Å². The van der Waals surface area contributed by atoms with Crippen LogP contribution in [0.5, 0.6) is 0 Å². The summed E-state index contributed by atoms with van der Waals surface area (Å²) < 4.78 is 40.3. The summed E-state index contributed by atoms with van der Waals surface area (Å²) in [7, 11) is 0. The van der Waals surface area contributed by atoms with Gasteiger partial charge in [-0.1, -0.05) is 17.7 Å². The topological polar surface area (TPSA) is 83.0 Å². The second-order valence-electron chi connectivity index (χ2n) is 5.25. The van der Waals surface area contributed by atoms with Gasteiger partial charge in [0.1, 0.15) is 3.70 Å². The Balaban J connectivity index is 2.34. The zero-order valence-electron chi connectivity index (χ0n) is 12.5. The number of alkyl halides is 3. The summed E-state index contributed by atoms with van der Waals surface area (Å²) in [5, 5.41) is 15.5. The van der Waals surface area contributed by atoms with E-state index in [-0.39, 0.29) is 27.1 Å². The van der Waals surface area contributed by atoms with Crippen LogP contribution in [0.3, 0.4) is 0 Å². The van der Waals surface area contributed by atoms with Crippen LogP contribution in [0.1, 0.15) is 31.8 Å². The first-order chi connectivity index (χ1) is 12.1. The molecule has 3 aromatic rings. The van der Waals surface area contributed by atoms with Gasteiger partial charge in [0.25, 0.3) is 0 Å². The number of rotatable bonds is 3. The number of nitrogens with zero attached hydrogens (tertiary/aromatic N) is 1. The van der Waals surface area contributed by atoms with E-state index in [1.54, 1.807) is 0 Å². The number of carbonyl (C=O) groups excluding carboxylic acids is 1. The number of ketones is 1. The van der Waals surface area contributed by atoms with Gasteiger partial charge >= 0.3 is 12.1 Å². The van der Waals surface area contributed by atoms with Crippen molar-refractivity contribution in [1.82, 2.24) is 10.2 Å². The van der Waals surface area contributed by atoms with E-state index in [4.69, 9.17) is 11.6 Å². The summed E-state index contributed by atoms with van der Waals surface area (Å²) in [6.45, 7) is 0. The molecule has 10 heteroatoms. The summed E-state index contributed by atoms with van der Waals surface area (Å²) in [5.41, 5.74) is -2.27. The number of hydrogen-bond donors (Lipinski definition) is 2. The van der Waals surface area contributed by atoms with E-state index < -0.39 is 29.1 Å². The molecule has 1 heterocycles. The van der Waals surface area contributed by atoms with Crippen LogP contribution in [-0.2, 0) is 6.18 Å². The number of halogens is 5. The number of carbonyl (C=O) groups is 2. The van der Waals surface area contributed by atoms with Crippen molar-refractivity contribution in [3.8, 4) is 0 Å². The van der Waals surface area contributed by atoms with E-state index in [9.17, 15) is 27.9 Å². The number of aromatic nitrogens is 2. The number of aromatic amines is 1. The summed E-state index contributed by atoms with van der Waals surface area (Å²) >= 11 is 7.71. The molecule has 0 aliphatic carbocycles. The first kappa shape index (κ1) is 18.6. The monoisotopic (exact) mass is 494 g/mol. The third-order valence-corrected chi connectivity index (χ3v) is 4.74. The van der Waals surface area contributed by atoms with Crippen molar-refractivity contribution in [2.75, 3.05) is 0 Å². The molecule has 5 nitrogen and oxygen atoms in total. The Bertz CT molecular complexity index is 1060. The van der Waals surface area contributed by atoms with Crippen molar-refractivity contribution in [2.45, 2.75) is 6.18 Å². The molecule has 0 unspecified atom stereocenters. The molecule has 0 aliphatic heterocycles. The standard InChI is InChI=1S/C16H7ClF3IN2O3/c17-9-3-1-2-8(16(18,19)20)12(9)13(24)7-4-6(15(25)26)5-10-11(7)14(21)23-22-10/h1-5H,(H,22,23)(H,25,26). The van der Waals surface area contributed by atoms with Crippen molar-refractivity contribution in [3.63, 3.8) is 0 Å². The molecule has 134 valence electrons. The third kappa shape index (κ3) is 3.16. The lowest BCUT2D eigenvalue weighted by Crippen LogP contribution is -2.15. The van der Waals surface area contributed by atoms with Crippen LogP contribution in [-0.4, -0.2) is 27.1 Å². The maximum atomic E-state index is 13.3. The van der Waals surface area contributed by atoms with Gasteiger partial charge in [0.05, 0.1) is 27.2 Å². The number of hydrogen-bond acceptors (Lipinski definition) is 3. The smallest absolute Gasteiger partial charge is 0.417 e. The molecule has 2 N–H and O–H groups in total. The summed E-state index contributed by atoms with van der Waals surface area (Å²) in [5.74, 6) is -2.37. The van der Waals surface area contributed by atoms with Crippen molar-refractivity contribution >= 4 is 56.8 Å². The van der Waals surface area contributed by atoms with Gasteiger partial charge in [0, 0.05) is 10.9 Å². The highest BCUT2D eigenvalue weighted by Gasteiger charge is 2.37. The van der Waals surface area contributed by atoms with E-state index in [0.29, 0.717) is 3.70 Å². The minimum atomic E-state index is -4.80. The van der Waals surface area contributed by atoms with Gasteiger partial charge in [-0.2, -0.15) is 18.3 Å². The maximum absolute atomic E-state index is 13.3. The Morgan fingerprint density at radius 3 is 2.54 bits per heavy atom. The number of fused-ring (bicyclic) bond motifs is 1. The highest BCUT2D eigenvalue weighted by molar-refractivity contribution is 14.1. The Labute approximate surface area is 162 Å². The molecular weight excluding hydrogens is 488 g/mol. The lowest BCUT2D eigenvalue weighted by Gasteiger charge is -2.14. The second-order valence-corrected chi connectivity index (χ2v) is 6.74. The molecule has 1 aromatic heterocycles. The highest BCUT2D eigenvalue weighted by Crippen LogP contribution is 2.37. The van der Waals surface area contributed by atoms with Gasteiger partial charge in [-0.25, -0.2) is 4.79 Å². The van der Waals surface area contributed by atoms with Crippen LogP contribution < -0.4 is 0 Å². The second kappa shape index (κ2) is 6.54.